The summed E-state index contributed by atoms with van der Waals surface area (Å²) in [5.41, 5.74) is 1.03. The zero-order chi connectivity index (χ0) is 19.2. The number of carboxylic acids is 1. The predicted molar refractivity (Wildman–Crippen MR) is 92.9 cm³/mol. The van der Waals surface area contributed by atoms with Crippen molar-refractivity contribution >= 4 is 18.0 Å². The summed E-state index contributed by atoms with van der Waals surface area (Å²) in [5.74, 6) is -1.39. The summed E-state index contributed by atoms with van der Waals surface area (Å²) >= 11 is 0. The summed E-state index contributed by atoms with van der Waals surface area (Å²) in [6.45, 7) is 6.81. The van der Waals surface area contributed by atoms with Crippen LogP contribution in [0.15, 0.2) is 24.3 Å². The van der Waals surface area contributed by atoms with Crippen molar-refractivity contribution in [1.29, 1.82) is 0 Å². The molecule has 0 fully saturated rings. The first-order valence-corrected chi connectivity index (χ1v) is 7.98. The van der Waals surface area contributed by atoms with Crippen LogP contribution < -0.4 is 0 Å². The summed E-state index contributed by atoms with van der Waals surface area (Å²) in [4.78, 5) is 37.4. The van der Waals surface area contributed by atoms with Crippen LogP contribution in [-0.4, -0.2) is 52.1 Å². The molecule has 1 aromatic carbocycles. The minimum atomic E-state index is -1.07. The van der Waals surface area contributed by atoms with E-state index in [4.69, 9.17) is 9.84 Å². The molecule has 7 heteroatoms. The van der Waals surface area contributed by atoms with Crippen molar-refractivity contribution in [2.24, 2.45) is 0 Å². The molecule has 0 saturated carbocycles. The molecule has 25 heavy (non-hydrogen) atoms. The summed E-state index contributed by atoms with van der Waals surface area (Å²) in [5, 5.41) is 8.94. The zero-order valence-electron chi connectivity index (χ0n) is 15.4. The minimum Gasteiger partial charge on any atom is -0.480 e. The van der Waals surface area contributed by atoms with Crippen molar-refractivity contribution < 1.29 is 24.2 Å². The van der Waals surface area contributed by atoms with Gasteiger partial charge >= 0.3 is 12.1 Å². The SMILES string of the molecule is CC(=O)N(CC(=O)O)Cc1ccccc1CN(C)C(=O)OC(C)(C)C. The lowest BCUT2D eigenvalue weighted by Crippen LogP contribution is -2.35. The molecule has 2 amide bonds. The molecule has 0 aliphatic rings. The van der Waals surface area contributed by atoms with E-state index in [1.54, 1.807) is 27.8 Å². The van der Waals surface area contributed by atoms with Gasteiger partial charge in [0.25, 0.3) is 0 Å². The van der Waals surface area contributed by atoms with Crippen LogP contribution in [0.25, 0.3) is 0 Å². The number of aliphatic carboxylic acids is 1. The summed E-state index contributed by atoms with van der Waals surface area (Å²) < 4.78 is 5.33. The van der Waals surface area contributed by atoms with Crippen molar-refractivity contribution in [2.45, 2.75) is 46.4 Å². The van der Waals surface area contributed by atoms with Gasteiger partial charge in [0.1, 0.15) is 12.1 Å². The highest BCUT2D eigenvalue weighted by atomic mass is 16.6. The fourth-order valence-corrected chi connectivity index (χ4v) is 2.17. The second kappa shape index (κ2) is 8.50. The molecule has 0 spiro atoms. The number of carbonyl (C=O) groups excluding carboxylic acids is 2. The van der Waals surface area contributed by atoms with Crippen molar-refractivity contribution in [3.8, 4) is 0 Å². The molecule has 0 aliphatic heterocycles. The van der Waals surface area contributed by atoms with Crippen LogP contribution in [0, 0.1) is 0 Å². The average molecular weight is 350 g/mol. The maximum Gasteiger partial charge on any atom is 0.410 e. The number of hydrogen-bond donors (Lipinski definition) is 1. The lowest BCUT2D eigenvalue weighted by Gasteiger charge is -2.26. The fourth-order valence-electron chi connectivity index (χ4n) is 2.17. The first-order chi connectivity index (χ1) is 11.5. The molecule has 7 nitrogen and oxygen atoms in total. The summed E-state index contributed by atoms with van der Waals surface area (Å²) in [7, 11) is 1.63. The van der Waals surface area contributed by atoms with E-state index in [2.05, 4.69) is 0 Å². The van der Waals surface area contributed by atoms with Crippen molar-refractivity contribution in [3.63, 3.8) is 0 Å². The number of benzene rings is 1. The standard InChI is InChI=1S/C18H26N2O5/c1-13(21)20(12-16(22)23)11-15-9-7-6-8-14(15)10-19(5)17(24)25-18(2,3)4/h6-9H,10-12H2,1-5H3,(H,22,23). The van der Waals surface area contributed by atoms with E-state index in [9.17, 15) is 14.4 Å². The summed E-state index contributed by atoms with van der Waals surface area (Å²) in [6.07, 6.45) is -0.448. The molecule has 0 aromatic heterocycles. The molecule has 0 unspecified atom stereocenters. The Bertz CT molecular complexity index is 637. The van der Waals surface area contributed by atoms with Crippen LogP contribution in [0.5, 0.6) is 0 Å². The van der Waals surface area contributed by atoms with Crippen LogP contribution >= 0.6 is 0 Å². The normalized spacial score (nSPS) is 10.9. The Morgan fingerprint density at radius 1 is 1.08 bits per heavy atom. The molecule has 0 saturated heterocycles. The molecule has 0 bridgehead atoms. The van der Waals surface area contributed by atoms with E-state index in [1.165, 1.54) is 16.7 Å². The van der Waals surface area contributed by atoms with E-state index in [0.29, 0.717) is 6.54 Å². The second-order valence-corrected chi connectivity index (χ2v) is 6.87. The monoisotopic (exact) mass is 350 g/mol. The Morgan fingerprint density at radius 2 is 1.60 bits per heavy atom. The lowest BCUT2D eigenvalue weighted by molar-refractivity contribution is -0.144. The molecular formula is C18H26N2O5. The summed E-state index contributed by atoms with van der Waals surface area (Å²) in [6, 6.07) is 7.30. The van der Waals surface area contributed by atoms with E-state index >= 15 is 0 Å². The van der Waals surface area contributed by atoms with Crippen LogP contribution in [-0.2, 0) is 27.4 Å². The highest BCUT2D eigenvalue weighted by Crippen LogP contribution is 2.16. The number of rotatable bonds is 6. The van der Waals surface area contributed by atoms with E-state index < -0.39 is 17.7 Å². The Kier molecular flexibility index (Phi) is 6.97. The Morgan fingerprint density at radius 3 is 2.04 bits per heavy atom. The van der Waals surface area contributed by atoms with E-state index in [-0.39, 0.29) is 19.0 Å². The van der Waals surface area contributed by atoms with Gasteiger partial charge < -0.3 is 19.6 Å². The second-order valence-electron chi connectivity index (χ2n) is 6.87. The first-order valence-electron chi connectivity index (χ1n) is 7.98. The third-order valence-electron chi connectivity index (χ3n) is 3.36. The van der Waals surface area contributed by atoms with Gasteiger partial charge in [-0.3, -0.25) is 9.59 Å². The molecule has 0 radical (unpaired) electrons. The molecule has 0 heterocycles. The average Bonchev–Trinajstić information content (AvgIpc) is 2.46. The number of carbonyl (C=O) groups is 3. The van der Waals surface area contributed by atoms with Gasteiger partial charge in [-0.15, -0.1) is 0 Å². The van der Waals surface area contributed by atoms with Gasteiger partial charge in [-0.2, -0.15) is 0 Å². The van der Waals surface area contributed by atoms with E-state index in [1.807, 2.05) is 24.3 Å². The van der Waals surface area contributed by atoms with Gasteiger partial charge in [0.05, 0.1) is 0 Å². The van der Waals surface area contributed by atoms with Gasteiger partial charge in [-0.1, -0.05) is 24.3 Å². The molecule has 1 N–H and O–H groups in total. The Hall–Kier alpha value is -2.57. The third-order valence-corrected chi connectivity index (χ3v) is 3.36. The van der Waals surface area contributed by atoms with Crippen LogP contribution in [0.4, 0.5) is 4.79 Å². The van der Waals surface area contributed by atoms with Gasteiger partial charge in [0.15, 0.2) is 0 Å². The molecule has 1 aromatic rings. The van der Waals surface area contributed by atoms with Gasteiger partial charge in [-0.25, -0.2) is 4.79 Å². The van der Waals surface area contributed by atoms with Crippen LogP contribution in [0.1, 0.15) is 38.8 Å². The number of ether oxygens (including phenoxy) is 1. The molecule has 1 rings (SSSR count). The first kappa shape index (κ1) is 20.5. The quantitative estimate of drug-likeness (QED) is 0.852. The van der Waals surface area contributed by atoms with Crippen molar-refractivity contribution in [3.05, 3.63) is 35.4 Å². The molecule has 0 aliphatic carbocycles. The maximum absolute atomic E-state index is 12.1. The van der Waals surface area contributed by atoms with Crippen LogP contribution in [0.3, 0.4) is 0 Å². The zero-order valence-corrected chi connectivity index (χ0v) is 15.4. The number of hydrogen-bond acceptors (Lipinski definition) is 4. The number of carboxylic acid groups (broad SMARTS) is 1. The number of nitrogens with zero attached hydrogens (tertiary/aromatic N) is 2. The lowest BCUT2D eigenvalue weighted by atomic mass is 10.1. The smallest absolute Gasteiger partial charge is 0.410 e. The Balaban J connectivity index is 2.90. The highest BCUT2D eigenvalue weighted by molar-refractivity contribution is 5.79. The van der Waals surface area contributed by atoms with Crippen LogP contribution in [0.2, 0.25) is 0 Å². The molecule has 0 atom stereocenters. The van der Waals surface area contributed by atoms with E-state index in [0.717, 1.165) is 11.1 Å². The fraction of sp³-hybridized carbons (Fsp3) is 0.500. The molecule has 138 valence electrons. The van der Waals surface area contributed by atoms with Crippen molar-refractivity contribution in [1.82, 2.24) is 9.80 Å². The number of amides is 2. The molecular weight excluding hydrogens is 324 g/mol. The largest absolute Gasteiger partial charge is 0.480 e. The van der Waals surface area contributed by atoms with Gasteiger partial charge in [0, 0.05) is 27.1 Å². The highest BCUT2D eigenvalue weighted by Gasteiger charge is 2.21. The van der Waals surface area contributed by atoms with Gasteiger partial charge in [-0.05, 0) is 31.9 Å². The van der Waals surface area contributed by atoms with Crippen molar-refractivity contribution in [2.75, 3.05) is 13.6 Å². The Labute approximate surface area is 148 Å². The van der Waals surface area contributed by atoms with Gasteiger partial charge in [0.2, 0.25) is 5.91 Å². The minimum absolute atomic E-state index is 0.167. The predicted octanol–water partition coefficient (Wildman–Crippen LogP) is 2.49. The topological polar surface area (TPSA) is 87.2 Å². The maximum atomic E-state index is 12.1. The third kappa shape index (κ3) is 7.24.